The van der Waals surface area contributed by atoms with E-state index in [2.05, 4.69) is 20.5 Å². The van der Waals surface area contributed by atoms with Gasteiger partial charge in [-0.1, -0.05) is 12.1 Å². The highest BCUT2D eigenvalue weighted by Gasteiger charge is 2.16. The van der Waals surface area contributed by atoms with Gasteiger partial charge in [-0.15, -0.1) is 0 Å². The fourth-order valence-electron chi connectivity index (χ4n) is 2.60. The van der Waals surface area contributed by atoms with Crippen LogP contribution in [0.25, 0.3) is 11.2 Å². The number of phenols is 1. The maximum atomic E-state index is 12.1. The average molecular weight is 342 g/mol. The molecule has 0 unspecified atom stereocenters. The van der Waals surface area contributed by atoms with Crippen molar-refractivity contribution in [3.63, 3.8) is 0 Å². The Labute approximate surface area is 142 Å². The van der Waals surface area contributed by atoms with Gasteiger partial charge in [-0.3, -0.25) is 14.3 Å². The number of hydrazone groups is 1. The zero-order chi connectivity index (χ0) is 18.1. The van der Waals surface area contributed by atoms with Gasteiger partial charge in [0.15, 0.2) is 11.2 Å². The highest BCUT2D eigenvalue weighted by Crippen LogP contribution is 2.18. The van der Waals surface area contributed by atoms with Gasteiger partial charge < -0.3 is 9.67 Å². The largest absolute Gasteiger partial charge is 0.507 e. The number of fused-ring (bicyclic) bond motifs is 1. The number of hydrogen-bond acceptors (Lipinski definition) is 6. The Hall–Kier alpha value is -3.36. The van der Waals surface area contributed by atoms with Gasteiger partial charge in [0.25, 0.3) is 5.56 Å². The van der Waals surface area contributed by atoms with E-state index in [0.717, 1.165) is 0 Å². The van der Waals surface area contributed by atoms with E-state index in [1.165, 1.54) is 11.6 Å². The summed E-state index contributed by atoms with van der Waals surface area (Å²) in [5, 5.41) is 14.1. The number of aromatic amines is 1. The van der Waals surface area contributed by atoms with Crippen LogP contribution in [-0.4, -0.2) is 29.9 Å². The van der Waals surface area contributed by atoms with Crippen LogP contribution < -0.4 is 16.7 Å². The highest BCUT2D eigenvalue weighted by molar-refractivity contribution is 6.01. The topological polar surface area (TPSA) is 117 Å². The van der Waals surface area contributed by atoms with Crippen molar-refractivity contribution in [3.8, 4) is 5.75 Å². The van der Waals surface area contributed by atoms with E-state index in [0.29, 0.717) is 29.3 Å². The molecule has 0 aliphatic rings. The van der Waals surface area contributed by atoms with Gasteiger partial charge >= 0.3 is 5.69 Å². The van der Waals surface area contributed by atoms with E-state index in [-0.39, 0.29) is 11.4 Å². The van der Waals surface area contributed by atoms with Crippen LogP contribution in [0.2, 0.25) is 0 Å². The molecule has 0 bridgehead atoms. The molecule has 0 radical (unpaired) electrons. The Balaban J connectivity index is 2.08. The molecule has 25 heavy (non-hydrogen) atoms. The number of hydrogen-bond donors (Lipinski definition) is 3. The van der Waals surface area contributed by atoms with E-state index < -0.39 is 11.2 Å². The Bertz CT molecular complexity index is 1090. The minimum absolute atomic E-state index is 0.119. The maximum Gasteiger partial charge on any atom is 0.329 e. The highest BCUT2D eigenvalue weighted by atomic mass is 16.3. The van der Waals surface area contributed by atoms with Crippen LogP contribution in [0.5, 0.6) is 5.75 Å². The van der Waals surface area contributed by atoms with E-state index in [1.807, 2.05) is 6.92 Å². The predicted octanol–water partition coefficient (Wildman–Crippen LogP) is 0.985. The predicted molar refractivity (Wildman–Crippen MR) is 95.2 cm³/mol. The molecule has 9 nitrogen and oxygen atoms in total. The first-order valence-corrected chi connectivity index (χ1v) is 7.72. The smallest absolute Gasteiger partial charge is 0.329 e. The molecule has 3 N–H and O–H groups in total. The number of aromatic hydroxyl groups is 1. The number of aromatic nitrogens is 4. The van der Waals surface area contributed by atoms with Gasteiger partial charge in [-0.05, 0) is 26.0 Å². The minimum Gasteiger partial charge on any atom is -0.507 e. The van der Waals surface area contributed by atoms with Crippen molar-refractivity contribution in [2.45, 2.75) is 20.4 Å². The van der Waals surface area contributed by atoms with E-state index >= 15 is 0 Å². The van der Waals surface area contributed by atoms with E-state index in [4.69, 9.17) is 0 Å². The molecule has 1 aromatic carbocycles. The first-order chi connectivity index (χ1) is 11.9. The summed E-state index contributed by atoms with van der Waals surface area (Å²) in [4.78, 5) is 30.4. The second-order valence-corrected chi connectivity index (χ2v) is 5.50. The standard InChI is InChI=1S/C16H18N6O3/c1-4-22-12-13(21(3)16(25)18-14(12)24)17-15(22)20-19-9(2)10-7-5-6-8-11(10)23/h5-8,23H,4H2,1-3H3,(H,17,20)(H,18,24,25). The third-order valence-corrected chi connectivity index (χ3v) is 3.94. The lowest BCUT2D eigenvalue weighted by Crippen LogP contribution is -2.29. The molecule has 2 aromatic heterocycles. The first-order valence-electron chi connectivity index (χ1n) is 7.72. The molecule has 0 fully saturated rings. The number of benzene rings is 1. The summed E-state index contributed by atoms with van der Waals surface area (Å²) in [6.07, 6.45) is 0. The minimum atomic E-state index is -0.529. The monoisotopic (exact) mass is 342 g/mol. The molecule has 130 valence electrons. The number of aryl methyl sites for hydroxylation is 2. The molecule has 0 saturated carbocycles. The van der Waals surface area contributed by atoms with Crippen LogP contribution in [0.4, 0.5) is 5.95 Å². The number of nitrogens with zero attached hydrogens (tertiary/aromatic N) is 4. The lowest BCUT2D eigenvalue weighted by atomic mass is 10.1. The fourth-order valence-corrected chi connectivity index (χ4v) is 2.60. The quantitative estimate of drug-likeness (QED) is 0.483. The first kappa shape index (κ1) is 16.5. The summed E-state index contributed by atoms with van der Waals surface area (Å²) in [7, 11) is 1.54. The molecular formula is C16H18N6O3. The molecule has 9 heteroatoms. The van der Waals surface area contributed by atoms with E-state index in [1.54, 1.807) is 35.8 Å². The summed E-state index contributed by atoms with van der Waals surface area (Å²) in [5.74, 6) is 0.451. The second kappa shape index (κ2) is 6.27. The molecule has 0 saturated heterocycles. The normalized spacial score (nSPS) is 11.9. The van der Waals surface area contributed by atoms with Crippen LogP contribution in [0, 0.1) is 0 Å². The zero-order valence-corrected chi connectivity index (χ0v) is 14.1. The van der Waals surface area contributed by atoms with Crippen molar-refractivity contribution in [2.24, 2.45) is 12.1 Å². The molecule has 3 aromatic rings. The Morgan fingerprint density at radius 1 is 1.36 bits per heavy atom. The van der Waals surface area contributed by atoms with Crippen LogP contribution in [-0.2, 0) is 13.6 Å². The zero-order valence-electron chi connectivity index (χ0n) is 14.1. The summed E-state index contributed by atoms with van der Waals surface area (Å²) < 4.78 is 2.91. The van der Waals surface area contributed by atoms with Crippen molar-refractivity contribution < 1.29 is 5.11 Å². The summed E-state index contributed by atoms with van der Waals surface area (Å²) >= 11 is 0. The lowest BCUT2D eigenvalue weighted by molar-refractivity contribution is 0.474. The number of nitrogens with one attached hydrogen (secondary N) is 2. The molecule has 0 aliphatic carbocycles. The molecular weight excluding hydrogens is 324 g/mol. The van der Waals surface area contributed by atoms with Gasteiger partial charge in [-0.2, -0.15) is 10.1 Å². The molecule has 0 aliphatic heterocycles. The Kier molecular flexibility index (Phi) is 4.14. The van der Waals surface area contributed by atoms with Gasteiger partial charge in [0.05, 0.1) is 5.71 Å². The third kappa shape index (κ3) is 2.80. The molecule has 2 heterocycles. The number of para-hydroxylation sites is 1. The number of anilines is 1. The molecule has 3 rings (SSSR count). The van der Waals surface area contributed by atoms with Gasteiger partial charge in [0.2, 0.25) is 5.95 Å². The Morgan fingerprint density at radius 3 is 2.76 bits per heavy atom. The van der Waals surface area contributed by atoms with Gasteiger partial charge in [-0.25, -0.2) is 10.2 Å². The number of phenolic OH excluding ortho intramolecular Hbond substituents is 1. The number of rotatable bonds is 4. The van der Waals surface area contributed by atoms with Crippen molar-refractivity contribution >= 4 is 22.8 Å². The summed E-state index contributed by atoms with van der Waals surface area (Å²) in [6, 6.07) is 6.84. The third-order valence-electron chi connectivity index (χ3n) is 3.94. The van der Waals surface area contributed by atoms with Gasteiger partial charge in [0, 0.05) is 19.2 Å². The lowest BCUT2D eigenvalue weighted by Gasteiger charge is -2.06. The Morgan fingerprint density at radius 2 is 2.08 bits per heavy atom. The molecule has 0 atom stereocenters. The SMILES string of the molecule is CCn1c(NN=C(C)c2ccccc2O)nc2c1c(=O)[nH]c(=O)n2C. The second-order valence-electron chi connectivity index (χ2n) is 5.50. The van der Waals surface area contributed by atoms with Crippen molar-refractivity contribution in [3.05, 3.63) is 50.7 Å². The summed E-state index contributed by atoms with van der Waals surface area (Å²) in [6.45, 7) is 4.06. The van der Waals surface area contributed by atoms with Crippen LogP contribution in [0.3, 0.4) is 0 Å². The maximum absolute atomic E-state index is 12.1. The average Bonchev–Trinajstić information content (AvgIpc) is 2.97. The fraction of sp³-hybridized carbons (Fsp3) is 0.250. The van der Waals surface area contributed by atoms with Crippen LogP contribution >= 0.6 is 0 Å². The summed E-state index contributed by atoms with van der Waals surface area (Å²) in [5.41, 5.74) is 3.49. The van der Waals surface area contributed by atoms with Crippen molar-refractivity contribution in [1.82, 2.24) is 19.1 Å². The van der Waals surface area contributed by atoms with Crippen LogP contribution in [0.15, 0.2) is 39.0 Å². The number of H-pyrrole nitrogens is 1. The molecule has 0 spiro atoms. The van der Waals surface area contributed by atoms with E-state index in [9.17, 15) is 14.7 Å². The van der Waals surface area contributed by atoms with Crippen molar-refractivity contribution in [1.29, 1.82) is 0 Å². The van der Waals surface area contributed by atoms with Crippen LogP contribution in [0.1, 0.15) is 19.4 Å². The van der Waals surface area contributed by atoms with Crippen molar-refractivity contribution in [2.75, 3.05) is 5.43 Å². The van der Waals surface area contributed by atoms with Gasteiger partial charge in [0.1, 0.15) is 5.75 Å². The number of imidazole rings is 1. The molecule has 0 amide bonds.